The molecule has 3 rings (SSSR count). The average molecular weight is 296 g/mol. The minimum Gasteiger partial charge on any atom is -0.384 e. The van der Waals surface area contributed by atoms with E-state index < -0.39 is 0 Å². The number of amidine groups is 2. The van der Waals surface area contributed by atoms with Gasteiger partial charge < -0.3 is 11.5 Å². The summed E-state index contributed by atoms with van der Waals surface area (Å²) in [7, 11) is 0. The molecule has 2 heterocycles. The van der Waals surface area contributed by atoms with Crippen molar-refractivity contribution in [1.82, 2.24) is 9.97 Å². The highest BCUT2D eigenvalue weighted by atomic mass is 32.1. The average Bonchev–Trinajstić information content (AvgIpc) is 2.89. The van der Waals surface area contributed by atoms with Crippen LogP contribution in [-0.2, 0) is 0 Å². The molecule has 7 heteroatoms. The number of nitrogens with two attached hydrogens (primary N) is 2. The van der Waals surface area contributed by atoms with Crippen LogP contribution in [0.5, 0.6) is 0 Å². The molecule has 0 saturated carbocycles. The van der Waals surface area contributed by atoms with E-state index in [0.29, 0.717) is 16.3 Å². The van der Waals surface area contributed by atoms with Gasteiger partial charge in [-0.05, 0) is 18.2 Å². The van der Waals surface area contributed by atoms with E-state index in [1.165, 1.54) is 11.3 Å². The number of nitrogens with one attached hydrogen (secondary N) is 1. The molecule has 5 N–H and O–H groups in total. The molecule has 104 valence electrons. The first kappa shape index (κ1) is 13.2. The predicted octanol–water partition coefficient (Wildman–Crippen LogP) is 2.01. The van der Waals surface area contributed by atoms with Crippen molar-refractivity contribution in [2.75, 3.05) is 0 Å². The van der Waals surface area contributed by atoms with Gasteiger partial charge in [-0.15, -0.1) is 0 Å². The second-order valence-corrected chi connectivity index (χ2v) is 5.31. The summed E-state index contributed by atoms with van der Waals surface area (Å²) in [6.45, 7) is 0. The van der Waals surface area contributed by atoms with Crippen molar-refractivity contribution in [3.8, 4) is 0 Å². The fourth-order valence-corrected chi connectivity index (χ4v) is 2.75. The summed E-state index contributed by atoms with van der Waals surface area (Å²) >= 11 is 1.45. The van der Waals surface area contributed by atoms with Crippen molar-refractivity contribution in [2.45, 2.75) is 0 Å². The van der Waals surface area contributed by atoms with Gasteiger partial charge in [-0.3, -0.25) is 10.4 Å². The number of benzene rings is 1. The highest BCUT2D eigenvalue weighted by molar-refractivity contribution is 7.22. The molecule has 0 bridgehead atoms. The Hall–Kier alpha value is -2.80. The maximum atomic E-state index is 7.56. The van der Waals surface area contributed by atoms with Crippen LogP contribution in [-0.4, -0.2) is 21.6 Å². The molecule has 0 aliphatic carbocycles. The van der Waals surface area contributed by atoms with Crippen molar-refractivity contribution in [1.29, 1.82) is 5.41 Å². The molecule has 3 aromatic rings. The lowest BCUT2D eigenvalue weighted by atomic mass is 10.1. The monoisotopic (exact) mass is 296 g/mol. The second-order valence-electron chi connectivity index (χ2n) is 4.30. The smallest absolute Gasteiger partial charge is 0.212 e. The Balaban J connectivity index is 2.05. The molecule has 0 atom stereocenters. The third kappa shape index (κ3) is 2.59. The lowest BCUT2D eigenvalue weighted by Crippen LogP contribution is -2.21. The molecular formula is C14H12N6S. The normalized spacial score (nSPS) is 11.7. The molecule has 21 heavy (non-hydrogen) atoms. The first-order valence-corrected chi connectivity index (χ1v) is 6.95. The van der Waals surface area contributed by atoms with Crippen LogP contribution in [0.15, 0.2) is 47.7 Å². The van der Waals surface area contributed by atoms with Crippen LogP contribution in [0.2, 0.25) is 0 Å². The predicted molar refractivity (Wildman–Crippen MR) is 85.3 cm³/mol. The van der Waals surface area contributed by atoms with Gasteiger partial charge in [0.15, 0.2) is 0 Å². The molecule has 0 fully saturated rings. The SMILES string of the molecule is N=C(N)c1ccncc1/C(N)=N/c1nc2ccccc2s1. The molecule has 0 saturated heterocycles. The Kier molecular flexibility index (Phi) is 3.33. The topological polar surface area (TPSA) is 114 Å². The molecule has 2 aromatic heterocycles. The molecule has 0 aliphatic heterocycles. The Labute approximate surface area is 124 Å². The van der Waals surface area contributed by atoms with Crippen molar-refractivity contribution < 1.29 is 0 Å². The highest BCUT2D eigenvalue weighted by Gasteiger charge is 2.10. The van der Waals surface area contributed by atoms with Crippen LogP contribution in [0.25, 0.3) is 10.2 Å². The van der Waals surface area contributed by atoms with Gasteiger partial charge in [0, 0.05) is 23.5 Å². The summed E-state index contributed by atoms with van der Waals surface area (Å²) < 4.78 is 1.04. The van der Waals surface area contributed by atoms with Gasteiger partial charge in [-0.2, -0.15) is 0 Å². The Bertz CT molecular complexity index is 818. The van der Waals surface area contributed by atoms with Crippen molar-refractivity contribution >= 4 is 38.4 Å². The quantitative estimate of drug-likeness (QED) is 0.506. The number of fused-ring (bicyclic) bond motifs is 1. The summed E-state index contributed by atoms with van der Waals surface area (Å²) in [6.07, 6.45) is 3.11. The van der Waals surface area contributed by atoms with Crippen molar-refractivity contribution in [2.24, 2.45) is 16.5 Å². The van der Waals surface area contributed by atoms with E-state index in [1.807, 2.05) is 24.3 Å². The third-order valence-electron chi connectivity index (χ3n) is 2.89. The minimum atomic E-state index is -0.0742. The molecule has 0 unspecified atom stereocenters. The van der Waals surface area contributed by atoms with Crippen LogP contribution in [0.4, 0.5) is 5.13 Å². The number of hydrogen-bond acceptors (Lipinski definition) is 5. The summed E-state index contributed by atoms with van der Waals surface area (Å²) in [6, 6.07) is 9.41. The largest absolute Gasteiger partial charge is 0.384 e. The van der Waals surface area contributed by atoms with Crippen molar-refractivity contribution in [3.63, 3.8) is 0 Å². The fraction of sp³-hybridized carbons (Fsp3) is 0. The van der Waals surface area contributed by atoms with Gasteiger partial charge >= 0.3 is 0 Å². The number of thiazole rings is 1. The van der Waals surface area contributed by atoms with Crippen molar-refractivity contribution in [3.05, 3.63) is 53.9 Å². The zero-order chi connectivity index (χ0) is 14.8. The maximum Gasteiger partial charge on any atom is 0.212 e. The van der Waals surface area contributed by atoms with E-state index in [2.05, 4.69) is 15.0 Å². The molecule has 1 aromatic carbocycles. The lowest BCUT2D eigenvalue weighted by molar-refractivity contribution is 1.28. The molecule has 6 nitrogen and oxygen atoms in total. The van der Waals surface area contributed by atoms with Gasteiger partial charge in [-0.1, -0.05) is 23.5 Å². The molecule has 0 radical (unpaired) electrons. The highest BCUT2D eigenvalue weighted by Crippen LogP contribution is 2.27. The molecule has 0 amide bonds. The Morgan fingerprint density at radius 3 is 2.71 bits per heavy atom. The number of aromatic nitrogens is 2. The van der Waals surface area contributed by atoms with E-state index in [9.17, 15) is 0 Å². The van der Waals surface area contributed by atoms with E-state index in [-0.39, 0.29) is 11.7 Å². The number of nitrogen functional groups attached to an aromatic ring is 1. The van der Waals surface area contributed by atoms with Crippen LogP contribution in [0.1, 0.15) is 11.1 Å². The first-order valence-electron chi connectivity index (χ1n) is 6.13. The molecule has 0 aliphatic rings. The van der Waals surface area contributed by atoms with Gasteiger partial charge in [0.25, 0.3) is 0 Å². The van der Waals surface area contributed by atoms with E-state index in [1.54, 1.807) is 18.5 Å². The Morgan fingerprint density at radius 2 is 1.95 bits per heavy atom. The number of nitrogens with zero attached hydrogens (tertiary/aromatic N) is 3. The zero-order valence-corrected chi connectivity index (χ0v) is 11.8. The summed E-state index contributed by atoms with van der Waals surface area (Å²) in [5, 5.41) is 8.13. The third-order valence-corrected chi connectivity index (χ3v) is 3.82. The zero-order valence-electron chi connectivity index (χ0n) is 10.9. The van der Waals surface area contributed by atoms with E-state index >= 15 is 0 Å². The number of rotatable bonds is 3. The molecule has 0 spiro atoms. The van der Waals surface area contributed by atoms with E-state index in [0.717, 1.165) is 10.2 Å². The fourth-order valence-electron chi connectivity index (χ4n) is 1.90. The second kappa shape index (κ2) is 5.29. The first-order chi connectivity index (χ1) is 10.1. The number of para-hydroxylation sites is 1. The summed E-state index contributed by atoms with van der Waals surface area (Å²) in [4.78, 5) is 12.7. The van der Waals surface area contributed by atoms with Gasteiger partial charge in [0.1, 0.15) is 11.7 Å². The minimum absolute atomic E-state index is 0.0742. The van der Waals surface area contributed by atoms with Crippen LogP contribution < -0.4 is 11.5 Å². The molecular weight excluding hydrogens is 284 g/mol. The Morgan fingerprint density at radius 1 is 1.14 bits per heavy atom. The number of hydrogen-bond donors (Lipinski definition) is 3. The van der Waals surface area contributed by atoms with Gasteiger partial charge in [0.05, 0.1) is 10.2 Å². The number of aliphatic imine (C=N–C) groups is 1. The lowest BCUT2D eigenvalue weighted by Gasteiger charge is -2.05. The van der Waals surface area contributed by atoms with Crippen LogP contribution in [0, 0.1) is 5.41 Å². The van der Waals surface area contributed by atoms with E-state index in [4.69, 9.17) is 16.9 Å². The summed E-state index contributed by atoms with van der Waals surface area (Å²) in [5.74, 6) is 0.169. The van der Waals surface area contributed by atoms with Crippen LogP contribution >= 0.6 is 11.3 Å². The standard InChI is InChI=1S/C14H12N6S/c15-12(16)8-5-6-18-7-9(8)13(17)20-14-19-10-3-1-2-4-11(10)21-14/h1-7H,(H3,15,16)(H2,17,19,20). The van der Waals surface area contributed by atoms with Gasteiger partial charge in [-0.25, -0.2) is 9.98 Å². The van der Waals surface area contributed by atoms with Crippen LogP contribution in [0.3, 0.4) is 0 Å². The maximum absolute atomic E-state index is 7.56. The summed E-state index contributed by atoms with van der Waals surface area (Å²) in [5.41, 5.74) is 13.5. The number of pyridine rings is 1. The van der Waals surface area contributed by atoms with Gasteiger partial charge in [0.2, 0.25) is 5.13 Å².